The Bertz CT molecular complexity index is 842. The van der Waals surface area contributed by atoms with Gasteiger partial charge in [0.25, 0.3) is 5.91 Å². The van der Waals surface area contributed by atoms with E-state index in [0.29, 0.717) is 16.5 Å². The maximum atomic E-state index is 12.2. The molecule has 2 aromatic rings. The average Bonchev–Trinajstić information content (AvgIpc) is 2.61. The molecular formula is C17H16Cl2N2O5. The lowest BCUT2D eigenvalue weighted by atomic mass is 10.2. The number of hydrogen-bond acceptors (Lipinski definition) is 6. The number of methoxy groups -OCH3 is 2. The zero-order chi connectivity index (χ0) is 19.3. The van der Waals surface area contributed by atoms with Crippen molar-refractivity contribution in [2.75, 3.05) is 31.9 Å². The minimum atomic E-state index is -0.772. The third-order valence-electron chi connectivity index (χ3n) is 3.31. The van der Waals surface area contributed by atoms with Gasteiger partial charge in [-0.2, -0.15) is 0 Å². The van der Waals surface area contributed by atoms with Gasteiger partial charge in [-0.25, -0.2) is 4.79 Å². The highest BCUT2D eigenvalue weighted by molar-refractivity contribution is 6.33. The Morgan fingerprint density at radius 3 is 2.35 bits per heavy atom. The van der Waals surface area contributed by atoms with Gasteiger partial charge in [-0.3, -0.25) is 4.79 Å². The molecule has 0 bridgehead atoms. The summed E-state index contributed by atoms with van der Waals surface area (Å²) in [6.45, 7) is -0.506. The van der Waals surface area contributed by atoms with Crippen molar-refractivity contribution in [3.63, 3.8) is 0 Å². The van der Waals surface area contributed by atoms with Gasteiger partial charge in [0.05, 0.1) is 30.0 Å². The maximum absolute atomic E-state index is 12.2. The Balaban J connectivity index is 2.00. The highest BCUT2D eigenvalue weighted by Gasteiger charge is 2.18. The average molecular weight is 399 g/mol. The molecule has 138 valence electrons. The number of nitrogens with two attached hydrogens (primary N) is 1. The molecule has 2 rings (SSSR count). The smallest absolute Gasteiger partial charge is 0.342 e. The third-order valence-corrected chi connectivity index (χ3v) is 3.93. The zero-order valence-electron chi connectivity index (χ0n) is 14.0. The molecule has 0 fully saturated rings. The number of ether oxygens (including phenoxy) is 3. The molecule has 0 aliphatic rings. The number of rotatable bonds is 6. The molecule has 1 amide bonds. The molecule has 26 heavy (non-hydrogen) atoms. The third kappa shape index (κ3) is 4.71. The summed E-state index contributed by atoms with van der Waals surface area (Å²) in [7, 11) is 2.86. The first-order valence-corrected chi connectivity index (χ1v) is 8.04. The van der Waals surface area contributed by atoms with Crippen LogP contribution in [-0.4, -0.2) is 32.7 Å². The van der Waals surface area contributed by atoms with E-state index in [9.17, 15) is 9.59 Å². The molecule has 0 aromatic heterocycles. The first-order valence-electron chi connectivity index (χ1n) is 7.29. The van der Waals surface area contributed by atoms with Gasteiger partial charge < -0.3 is 25.3 Å². The number of hydrogen-bond donors (Lipinski definition) is 2. The van der Waals surface area contributed by atoms with Gasteiger partial charge in [0.1, 0.15) is 17.1 Å². The summed E-state index contributed by atoms with van der Waals surface area (Å²) in [6.07, 6.45) is 0. The van der Waals surface area contributed by atoms with Crippen LogP contribution in [-0.2, 0) is 9.53 Å². The topological polar surface area (TPSA) is 99.9 Å². The van der Waals surface area contributed by atoms with E-state index in [1.807, 2.05) is 0 Å². The number of halogens is 2. The van der Waals surface area contributed by atoms with E-state index in [1.54, 1.807) is 12.1 Å². The number of benzene rings is 2. The monoisotopic (exact) mass is 398 g/mol. The highest BCUT2D eigenvalue weighted by Crippen LogP contribution is 2.29. The number of carbonyl (C=O) groups excluding carboxylic acids is 2. The van der Waals surface area contributed by atoms with Crippen molar-refractivity contribution in [3.05, 3.63) is 45.9 Å². The van der Waals surface area contributed by atoms with Gasteiger partial charge in [0.2, 0.25) is 0 Å². The standard InChI is InChI=1S/C17H16Cl2N2O5/c1-24-14-4-3-9(5-12(14)19)21-16(22)8-26-17(23)10-6-11(18)13(20)7-15(10)25-2/h3-7H,8,20H2,1-2H3,(H,21,22). The van der Waals surface area contributed by atoms with E-state index < -0.39 is 18.5 Å². The van der Waals surface area contributed by atoms with Crippen LogP contribution < -0.4 is 20.5 Å². The largest absolute Gasteiger partial charge is 0.496 e. The lowest BCUT2D eigenvalue weighted by Gasteiger charge is -2.11. The van der Waals surface area contributed by atoms with Crippen molar-refractivity contribution in [2.45, 2.75) is 0 Å². The zero-order valence-corrected chi connectivity index (χ0v) is 15.5. The molecule has 0 atom stereocenters. The summed E-state index contributed by atoms with van der Waals surface area (Å²) >= 11 is 11.9. The van der Waals surface area contributed by atoms with Crippen LogP contribution in [0.15, 0.2) is 30.3 Å². The fourth-order valence-corrected chi connectivity index (χ4v) is 2.47. The molecule has 2 aromatic carbocycles. The van der Waals surface area contributed by atoms with Crippen molar-refractivity contribution >= 4 is 46.5 Å². The first-order chi connectivity index (χ1) is 12.3. The predicted octanol–water partition coefficient (Wildman–Crippen LogP) is 3.39. The fraction of sp³-hybridized carbons (Fsp3) is 0.176. The second-order valence-corrected chi connectivity index (χ2v) is 5.86. The van der Waals surface area contributed by atoms with E-state index in [4.69, 9.17) is 43.1 Å². The maximum Gasteiger partial charge on any atom is 0.342 e. The van der Waals surface area contributed by atoms with Crippen LogP contribution in [0.5, 0.6) is 11.5 Å². The van der Waals surface area contributed by atoms with Crippen LogP contribution in [0, 0.1) is 0 Å². The second kappa shape index (κ2) is 8.64. The van der Waals surface area contributed by atoms with Crippen LogP contribution in [0.25, 0.3) is 0 Å². The lowest BCUT2D eigenvalue weighted by Crippen LogP contribution is -2.21. The van der Waals surface area contributed by atoms with Crippen LogP contribution in [0.3, 0.4) is 0 Å². The van der Waals surface area contributed by atoms with Crippen LogP contribution >= 0.6 is 23.2 Å². The molecule has 0 aliphatic heterocycles. The van der Waals surface area contributed by atoms with Gasteiger partial charge in [-0.05, 0) is 24.3 Å². The summed E-state index contributed by atoms with van der Waals surface area (Å²) in [5.74, 6) is -0.644. The minimum absolute atomic E-state index is 0.0620. The van der Waals surface area contributed by atoms with Crippen molar-refractivity contribution in [2.24, 2.45) is 0 Å². The Kier molecular flexibility index (Phi) is 6.54. The normalized spacial score (nSPS) is 10.2. The Hall–Kier alpha value is -2.64. The Labute approximate surface area is 159 Å². The van der Waals surface area contributed by atoms with Crippen molar-refractivity contribution in [3.8, 4) is 11.5 Å². The van der Waals surface area contributed by atoms with Gasteiger partial charge in [-0.15, -0.1) is 0 Å². The minimum Gasteiger partial charge on any atom is -0.496 e. The predicted molar refractivity (Wildman–Crippen MR) is 99.3 cm³/mol. The molecule has 0 saturated heterocycles. The molecule has 7 nitrogen and oxygen atoms in total. The lowest BCUT2D eigenvalue weighted by molar-refractivity contribution is -0.119. The van der Waals surface area contributed by atoms with Crippen molar-refractivity contribution in [1.82, 2.24) is 0 Å². The molecule has 9 heteroatoms. The van der Waals surface area contributed by atoms with Crippen LogP contribution in [0.4, 0.5) is 11.4 Å². The summed E-state index contributed by atoms with van der Waals surface area (Å²) < 4.78 is 15.1. The number of amides is 1. The van der Waals surface area contributed by atoms with Crippen LogP contribution in [0.1, 0.15) is 10.4 Å². The molecule has 0 unspecified atom stereocenters. The summed E-state index contributed by atoms with van der Waals surface area (Å²) in [5.41, 5.74) is 6.41. The number of carbonyl (C=O) groups is 2. The molecule has 0 aliphatic carbocycles. The fourth-order valence-electron chi connectivity index (χ4n) is 2.05. The Morgan fingerprint density at radius 1 is 1.04 bits per heavy atom. The van der Waals surface area contributed by atoms with E-state index in [-0.39, 0.29) is 22.0 Å². The molecule has 0 radical (unpaired) electrons. The number of esters is 1. The molecule has 0 heterocycles. The first kappa shape index (κ1) is 19.7. The quantitative estimate of drug-likeness (QED) is 0.571. The second-order valence-electron chi connectivity index (χ2n) is 5.05. The van der Waals surface area contributed by atoms with Crippen LogP contribution in [0.2, 0.25) is 10.0 Å². The Morgan fingerprint density at radius 2 is 1.73 bits per heavy atom. The highest BCUT2D eigenvalue weighted by atomic mass is 35.5. The van der Waals surface area contributed by atoms with E-state index >= 15 is 0 Å². The SMILES string of the molecule is COc1ccc(NC(=O)COC(=O)c2cc(Cl)c(N)cc2OC)cc1Cl. The molecule has 0 spiro atoms. The van der Waals surface area contributed by atoms with Crippen molar-refractivity contribution in [1.29, 1.82) is 0 Å². The summed E-state index contributed by atoms with van der Waals surface area (Å²) in [5, 5.41) is 3.07. The molecular weight excluding hydrogens is 383 g/mol. The van der Waals surface area contributed by atoms with Crippen molar-refractivity contribution < 1.29 is 23.8 Å². The van der Waals surface area contributed by atoms with E-state index in [0.717, 1.165) is 0 Å². The van der Waals surface area contributed by atoms with Gasteiger partial charge in [0, 0.05) is 11.8 Å². The summed E-state index contributed by atoms with van der Waals surface area (Å²) in [6, 6.07) is 7.44. The van der Waals surface area contributed by atoms with E-state index in [2.05, 4.69) is 5.32 Å². The number of nitrogens with one attached hydrogen (secondary N) is 1. The van der Waals surface area contributed by atoms with Gasteiger partial charge in [0.15, 0.2) is 6.61 Å². The number of anilines is 2. The van der Waals surface area contributed by atoms with Gasteiger partial charge in [-0.1, -0.05) is 23.2 Å². The van der Waals surface area contributed by atoms with Gasteiger partial charge >= 0.3 is 5.97 Å². The molecule has 0 saturated carbocycles. The molecule has 3 N–H and O–H groups in total. The summed E-state index contributed by atoms with van der Waals surface area (Å²) in [4.78, 5) is 24.1. The number of nitrogen functional groups attached to an aromatic ring is 1. The van der Waals surface area contributed by atoms with E-state index in [1.165, 1.54) is 32.4 Å².